The van der Waals surface area contributed by atoms with Gasteiger partial charge in [-0.2, -0.15) is 0 Å². The summed E-state index contributed by atoms with van der Waals surface area (Å²) >= 11 is 0. The maximum Gasteiger partial charge on any atom is 0.132 e. The van der Waals surface area contributed by atoms with E-state index in [9.17, 15) is 9.18 Å². The van der Waals surface area contributed by atoms with Crippen molar-refractivity contribution in [2.45, 2.75) is 27.2 Å². The number of aryl methyl sites for hydroxylation is 1. The number of hydrogen-bond acceptors (Lipinski definition) is 1. The number of Topliss-reactive ketones (excluding diaryl/α,β-unsaturated/α-hetero) is 1. The lowest BCUT2D eigenvalue weighted by Gasteiger charge is -2.08. The molecule has 0 aliphatic rings. The summed E-state index contributed by atoms with van der Waals surface area (Å²) < 4.78 is 12.9. The molecule has 2 heteroatoms. The molecule has 14 heavy (non-hydrogen) atoms. The van der Waals surface area contributed by atoms with Crippen molar-refractivity contribution < 1.29 is 9.18 Å². The molecule has 1 aromatic rings. The number of rotatable bonds is 3. The first-order valence-electron chi connectivity index (χ1n) is 4.76. The first kappa shape index (κ1) is 10.9. The average Bonchev–Trinajstić information content (AvgIpc) is 2.11. The molecule has 1 aromatic carbocycles. The molecule has 1 nitrogen and oxygen atoms in total. The second kappa shape index (κ2) is 4.36. The van der Waals surface area contributed by atoms with E-state index < -0.39 is 0 Å². The number of ketones is 1. The molecule has 0 amide bonds. The van der Waals surface area contributed by atoms with Gasteiger partial charge in [0.05, 0.1) is 0 Å². The van der Waals surface area contributed by atoms with Gasteiger partial charge in [-0.15, -0.1) is 0 Å². The molecule has 1 unspecified atom stereocenters. The lowest BCUT2D eigenvalue weighted by atomic mass is 9.97. The maximum atomic E-state index is 12.9. The average molecular weight is 194 g/mol. The highest BCUT2D eigenvalue weighted by Crippen LogP contribution is 2.13. The van der Waals surface area contributed by atoms with Crippen molar-refractivity contribution in [1.82, 2.24) is 0 Å². The van der Waals surface area contributed by atoms with Crippen LogP contribution in [0.2, 0.25) is 0 Å². The Hall–Kier alpha value is -1.18. The van der Waals surface area contributed by atoms with Crippen molar-refractivity contribution in [2.24, 2.45) is 5.92 Å². The Kier molecular flexibility index (Phi) is 3.39. The summed E-state index contributed by atoms with van der Waals surface area (Å²) in [6.07, 6.45) is 0.691. The normalized spacial score (nSPS) is 12.6. The Balaban J connectivity index is 2.78. The van der Waals surface area contributed by atoms with Crippen LogP contribution in [0.1, 0.15) is 25.0 Å². The van der Waals surface area contributed by atoms with E-state index in [1.165, 1.54) is 6.07 Å². The van der Waals surface area contributed by atoms with Gasteiger partial charge >= 0.3 is 0 Å². The van der Waals surface area contributed by atoms with Gasteiger partial charge in [-0.05, 0) is 37.5 Å². The molecule has 0 saturated heterocycles. The van der Waals surface area contributed by atoms with E-state index in [4.69, 9.17) is 0 Å². The van der Waals surface area contributed by atoms with Crippen LogP contribution in [0.5, 0.6) is 0 Å². The summed E-state index contributed by atoms with van der Waals surface area (Å²) in [5, 5.41) is 0. The number of carbonyl (C=O) groups excluding carboxylic acids is 1. The van der Waals surface area contributed by atoms with Crippen LogP contribution in [0.25, 0.3) is 0 Å². The van der Waals surface area contributed by atoms with Gasteiger partial charge in [0.2, 0.25) is 0 Å². The fourth-order valence-electron chi connectivity index (χ4n) is 1.33. The number of hydrogen-bond donors (Lipinski definition) is 0. The zero-order chi connectivity index (χ0) is 10.7. The zero-order valence-corrected chi connectivity index (χ0v) is 8.80. The minimum atomic E-state index is -0.191. The number of carbonyl (C=O) groups is 1. The van der Waals surface area contributed by atoms with Gasteiger partial charge in [-0.3, -0.25) is 4.79 Å². The third kappa shape index (κ3) is 2.66. The summed E-state index contributed by atoms with van der Waals surface area (Å²) in [5.41, 5.74) is 1.66. The van der Waals surface area contributed by atoms with Crippen molar-refractivity contribution >= 4 is 5.78 Å². The minimum absolute atomic E-state index is 0.0138. The van der Waals surface area contributed by atoms with Gasteiger partial charge in [0.25, 0.3) is 0 Å². The molecule has 1 atom stereocenters. The number of benzene rings is 1. The lowest BCUT2D eigenvalue weighted by molar-refractivity contribution is -0.120. The van der Waals surface area contributed by atoms with E-state index >= 15 is 0 Å². The largest absolute Gasteiger partial charge is 0.300 e. The number of halogens is 1. The van der Waals surface area contributed by atoms with Crippen LogP contribution in [0.4, 0.5) is 4.39 Å². The molecular weight excluding hydrogens is 179 g/mol. The molecule has 0 fully saturated rings. The van der Waals surface area contributed by atoms with Gasteiger partial charge in [-0.25, -0.2) is 4.39 Å². The second-order valence-corrected chi connectivity index (χ2v) is 3.80. The van der Waals surface area contributed by atoms with E-state index in [0.29, 0.717) is 12.0 Å². The van der Waals surface area contributed by atoms with Crippen LogP contribution in [-0.4, -0.2) is 5.78 Å². The molecule has 1 rings (SSSR count). The first-order chi connectivity index (χ1) is 6.50. The van der Waals surface area contributed by atoms with Crippen LogP contribution in [0, 0.1) is 18.7 Å². The van der Waals surface area contributed by atoms with Crippen LogP contribution in [0.3, 0.4) is 0 Å². The van der Waals surface area contributed by atoms with E-state index in [2.05, 4.69) is 0 Å². The lowest BCUT2D eigenvalue weighted by Crippen LogP contribution is -2.09. The highest BCUT2D eigenvalue weighted by molar-refractivity contribution is 5.78. The fourth-order valence-corrected chi connectivity index (χ4v) is 1.33. The van der Waals surface area contributed by atoms with Crippen molar-refractivity contribution in [3.8, 4) is 0 Å². The standard InChI is InChI=1S/C12H15FO/c1-8(10(3)14)6-11-4-5-12(13)9(2)7-11/h4-5,7-8H,6H2,1-3H3. The minimum Gasteiger partial charge on any atom is -0.300 e. The van der Waals surface area contributed by atoms with Gasteiger partial charge in [0.1, 0.15) is 11.6 Å². The molecule has 0 heterocycles. The molecule has 0 aromatic heterocycles. The van der Waals surface area contributed by atoms with Crippen LogP contribution < -0.4 is 0 Å². The molecule has 0 aliphatic heterocycles. The van der Waals surface area contributed by atoms with Crippen molar-refractivity contribution in [3.63, 3.8) is 0 Å². The molecule has 0 saturated carbocycles. The molecular formula is C12H15FO. The maximum absolute atomic E-state index is 12.9. The Labute approximate surface area is 83.9 Å². The molecule has 0 N–H and O–H groups in total. The van der Waals surface area contributed by atoms with Gasteiger partial charge in [0.15, 0.2) is 0 Å². The van der Waals surface area contributed by atoms with E-state index in [1.54, 1.807) is 26.0 Å². The predicted octanol–water partition coefficient (Wildman–Crippen LogP) is 2.90. The van der Waals surface area contributed by atoms with Gasteiger partial charge in [-0.1, -0.05) is 19.1 Å². The monoisotopic (exact) mass is 194 g/mol. The van der Waals surface area contributed by atoms with E-state index in [0.717, 1.165) is 5.56 Å². The molecule has 0 bridgehead atoms. The topological polar surface area (TPSA) is 17.1 Å². The molecule has 0 aliphatic carbocycles. The summed E-state index contributed by atoms with van der Waals surface area (Å²) in [4.78, 5) is 11.0. The van der Waals surface area contributed by atoms with Gasteiger partial charge < -0.3 is 0 Å². The van der Waals surface area contributed by atoms with Crippen molar-refractivity contribution in [3.05, 3.63) is 35.1 Å². The smallest absolute Gasteiger partial charge is 0.132 e. The predicted molar refractivity (Wildman–Crippen MR) is 54.7 cm³/mol. The SMILES string of the molecule is CC(=O)C(C)Cc1ccc(F)c(C)c1. The third-order valence-electron chi connectivity index (χ3n) is 2.46. The highest BCUT2D eigenvalue weighted by Gasteiger charge is 2.09. The quantitative estimate of drug-likeness (QED) is 0.723. The van der Waals surface area contributed by atoms with Crippen molar-refractivity contribution in [1.29, 1.82) is 0 Å². The molecule has 0 spiro atoms. The Morgan fingerprint density at radius 3 is 2.64 bits per heavy atom. The summed E-state index contributed by atoms with van der Waals surface area (Å²) in [7, 11) is 0. The molecule has 0 radical (unpaired) electrons. The van der Waals surface area contributed by atoms with Gasteiger partial charge in [0, 0.05) is 5.92 Å². The van der Waals surface area contributed by atoms with E-state index in [1.807, 2.05) is 6.92 Å². The Morgan fingerprint density at radius 2 is 2.14 bits per heavy atom. The van der Waals surface area contributed by atoms with Crippen molar-refractivity contribution in [2.75, 3.05) is 0 Å². The first-order valence-corrected chi connectivity index (χ1v) is 4.76. The zero-order valence-electron chi connectivity index (χ0n) is 8.80. The summed E-state index contributed by atoms with van der Waals surface area (Å²) in [5.74, 6) is -0.00364. The Morgan fingerprint density at radius 1 is 1.50 bits per heavy atom. The summed E-state index contributed by atoms with van der Waals surface area (Å²) in [6.45, 7) is 5.21. The fraction of sp³-hybridized carbons (Fsp3) is 0.417. The second-order valence-electron chi connectivity index (χ2n) is 3.80. The highest BCUT2D eigenvalue weighted by atomic mass is 19.1. The van der Waals surface area contributed by atoms with Crippen LogP contribution in [0.15, 0.2) is 18.2 Å². The Bertz CT molecular complexity index is 344. The molecule has 76 valence electrons. The summed E-state index contributed by atoms with van der Waals surface area (Å²) in [6, 6.07) is 4.99. The third-order valence-corrected chi connectivity index (χ3v) is 2.46. The van der Waals surface area contributed by atoms with E-state index in [-0.39, 0.29) is 17.5 Å². The van der Waals surface area contributed by atoms with Crippen LogP contribution >= 0.6 is 0 Å². The van der Waals surface area contributed by atoms with Crippen LogP contribution in [-0.2, 0) is 11.2 Å².